The first-order valence-electron chi connectivity index (χ1n) is 11.8. The maximum Gasteiger partial charge on any atom is 0.255 e. The van der Waals surface area contributed by atoms with Gasteiger partial charge in [0, 0.05) is 17.1 Å². The van der Waals surface area contributed by atoms with Gasteiger partial charge >= 0.3 is 0 Å². The molecule has 0 aliphatic heterocycles. The van der Waals surface area contributed by atoms with E-state index in [2.05, 4.69) is 10.5 Å². The zero-order valence-corrected chi connectivity index (χ0v) is 22.0. The molecule has 0 aliphatic rings. The molecule has 7 nitrogen and oxygen atoms in total. The van der Waals surface area contributed by atoms with Crippen molar-refractivity contribution >= 4 is 33.7 Å². The van der Waals surface area contributed by atoms with Crippen molar-refractivity contribution in [1.29, 1.82) is 0 Å². The van der Waals surface area contributed by atoms with Gasteiger partial charge in [-0.25, -0.2) is 13.8 Å². The Hall–Kier alpha value is -3.98. The van der Waals surface area contributed by atoms with Crippen LogP contribution in [0.5, 0.6) is 5.75 Å². The molecule has 0 aliphatic carbocycles. The van der Waals surface area contributed by atoms with E-state index in [1.807, 2.05) is 72.8 Å². The van der Waals surface area contributed by atoms with E-state index in [-0.39, 0.29) is 11.4 Å². The third kappa shape index (κ3) is 7.52. The third-order valence-corrected chi connectivity index (χ3v) is 7.58. The number of hydrazone groups is 1. The van der Waals surface area contributed by atoms with E-state index in [0.29, 0.717) is 22.9 Å². The van der Waals surface area contributed by atoms with E-state index in [1.165, 1.54) is 30.5 Å². The Morgan fingerprint density at radius 1 is 0.842 bits per heavy atom. The maximum atomic E-state index is 13.4. The number of nitrogens with zero attached hydrogens (tertiary/aromatic N) is 2. The fourth-order valence-corrected chi connectivity index (χ4v) is 5.10. The van der Waals surface area contributed by atoms with Crippen LogP contribution < -0.4 is 10.2 Å². The van der Waals surface area contributed by atoms with Crippen molar-refractivity contribution in [2.75, 3.05) is 6.54 Å². The highest BCUT2D eigenvalue weighted by Gasteiger charge is 2.27. The summed E-state index contributed by atoms with van der Waals surface area (Å²) < 4.78 is 33.7. The highest BCUT2D eigenvalue weighted by atomic mass is 35.5. The summed E-state index contributed by atoms with van der Waals surface area (Å²) in [6.07, 6.45) is 1.47. The number of para-hydroxylation sites is 1. The lowest BCUT2D eigenvalue weighted by Crippen LogP contribution is -2.39. The summed E-state index contributed by atoms with van der Waals surface area (Å²) in [5, 5.41) is 4.46. The van der Waals surface area contributed by atoms with Gasteiger partial charge in [-0.3, -0.25) is 4.79 Å². The van der Waals surface area contributed by atoms with Gasteiger partial charge in [0.05, 0.1) is 17.7 Å². The van der Waals surface area contributed by atoms with Crippen LogP contribution in [0.25, 0.3) is 0 Å². The van der Waals surface area contributed by atoms with Crippen LogP contribution in [0, 0.1) is 0 Å². The van der Waals surface area contributed by atoms with Crippen LogP contribution >= 0.6 is 11.6 Å². The van der Waals surface area contributed by atoms with Gasteiger partial charge < -0.3 is 4.74 Å². The normalized spacial score (nSPS) is 11.5. The number of ether oxygens (including phenoxy) is 1. The molecule has 1 N–H and O–H groups in total. The smallest absolute Gasteiger partial charge is 0.255 e. The van der Waals surface area contributed by atoms with Crippen LogP contribution in [-0.2, 0) is 28.0 Å². The zero-order valence-electron chi connectivity index (χ0n) is 20.4. The summed E-state index contributed by atoms with van der Waals surface area (Å²) in [4.78, 5) is 12.8. The number of carbonyl (C=O) groups excluding carboxylic acids is 1. The molecule has 0 saturated carbocycles. The molecule has 0 radical (unpaired) electrons. The predicted octanol–water partition coefficient (Wildman–Crippen LogP) is 5.26. The number of sulfonamides is 1. The van der Waals surface area contributed by atoms with Gasteiger partial charge in [0.25, 0.3) is 5.91 Å². The van der Waals surface area contributed by atoms with Crippen molar-refractivity contribution in [3.63, 3.8) is 0 Å². The van der Waals surface area contributed by atoms with Crippen LogP contribution in [0.4, 0.5) is 0 Å². The zero-order chi connectivity index (χ0) is 26.8. The molecule has 4 aromatic rings. The Bertz CT molecular complexity index is 1480. The Morgan fingerprint density at radius 3 is 2.13 bits per heavy atom. The first-order chi connectivity index (χ1) is 18.4. The second-order valence-electron chi connectivity index (χ2n) is 8.32. The molecule has 4 rings (SSSR count). The number of nitrogens with one attached hydrogen (secondary N) is 1. The van der Waals surface area contributed by atoms with Crippen molar-refractivity contribution in [2.24, 2.45) is 5.10 Å². The predicted molar refractivity (Wildman–Crippen MR) is 148 cm³/mol. The molecule has 0 saturated heterocycles. The minimum absolute atomic E-state index is 0.0130. The molecule has 0 fully saturated rings. The Morgan fingerprint density at radius 2 is 1.45 bits per heavy atom. The lowest BCUT2D eigenvalue weighted by molar-refractivity contribution is -0.121. The van der Waals surface area contributed by atoms with Gasteiger partial charge in [0.15, 0.2) is 0 Å². The molecule has 4 aromatic carbocycles. The number of amides is 1. The summed E-state index contributed by atoms with van der Waals surface area (Å²) in [7, 11) is -3.99. The molecule has 0 spiro atoms. The van der Waals surface area contributed by atoms with Gasteiger partial charge in [-0.1, -0.05) is 84.4 Å². The number of halogens is 1. The molecule has 0 unspecified atom stereocenters. The van der Waals surface area contributed by atoms with E-state index in [1.54, 1.807) is 12.1 Å². The van der Waals surface area contributed by atoms with E-state index in [4.69, 9.17) is 16.3 Å². The van der Waals surface area contributed by atoms with Gasteiger partial charge in [-0.15, -0.1) is 0 Å². The molecule has 9 heteroatoms. The van der Waals surface area contributed by atoms with Crippen molar-refractivity contribution in [2.45, 2.75) is 18.0 Å². The Labute approximate surface area is 227 Å². The molecule has 0 bridgehead atoms. The fraction of sp³-hybridized carbons (Fsp3) is 0.103. The first-order valence-corrected chi connectivity index (χ1v) is 13.6. The Kier molecular flexibility index (Phi) is 9.26. The number of carbonyl (C=O) groups is 1. The molecular weight excluding hydrogens is 522 g/mol. The molecule has 38 heavy (non-hydrogen) atoms. The van der Waals surface area contributed by atoms with E-state index < -0.39 is 22.5 Å². The molecule has 194 valence electrons. The highest BCUT2D eigenvalue weighted by Crippen LogP contribution is 2.21. The average Bonchev–Trinajstić information content (AvgIpc) is 2.93. The van der Waals surface area contributed by atoms with Crippen LogP contribution in [0.1, 0.15) is 16.7 Å². The summed E-state index contributed by atoms with van der Waals surface area (Å²) in [5.41, 5.74) is 4.86. The van der Waals surface area contributed by atoms with Crippen LogP contribution in [0.3, 0.4) is 0 Å². The summed E-state index contributed by atoms with van der Waals surface area (Å²) in [5.74, 6) is 0.0165. The summed E-state index contributed by atoms with van der Waals surface area (Å²) >= 11 is 5.93. The number of hydrogen-bond acceptors (Lipinski definition) is 5. The second-order valence-corrected chi connectivity index (χ2v) is 10.7. The molecule has 0 heterocycles. The van der Waals surface area contributed by atoms with Gasteiger partial charge in [0.2, 0.25) is 10.0 Å². The summed E-state index contributed by atoms with van der Waals surface area (Å²) in [6.45, 7) is -0.0303. The third-order valence-electron chi connectivity index (χ3n) is 5.52. The lowest BCUT2D eigenvalue weighted by atomic mass is 10.2. The average molecular weight is 548 g/mol. The van der Waals surface area contributed by atoms with E-state index in [0.717, 1.165) is 15.4 Å². The van der Waals surface area contributed by atoms with Gasteiger partial charge in [-0.2, -0.15) is 9.41 Å². The first kappa shape index (κ1) is 27.1. The van der Waals surface area contributed by atoms with Gasteiger partial charge in [-0.05, 0) is 47.5 Å². The topological polar surface area (TPSA) is 88.1 Å². The lowest BCUT2D eigenvalue weighted by Gasteiger charge is -2.21. The maximum absolute atomic E-state index is 13.4. The fourth-order valence-electron chi connectivity index (χ4n) is 3.59. The number of rotatable bonds is 11. The SMILES string of the molecule is O=C(CN(Cc1ccccc1)S(=O)(=O)c1ccc(Cl)cc1)N/N=C\c1ccccc1OCc1ccccc1. The number of hydrogen-bond donors (Lipinski definition) is 1. The molecule has 0 atom stereocenters. The minimum Gasteiger partial charge on any atom is -0.488 e. The van der Waals surface area contributed by atoms with Crippen molar-refractivity contribution in [3.05, 3.63) is 131 Å². The van der Waals surface area contributed by atoms with Crippen molar-refractivity contribution in [3.8, 4) is 5.75 Å². The molecule has 0 aromatic heterocycles. The molecular formula is C29H26ClN3O4S. The molecule has 1 amide bonds. The highest BCUT2D eigenvalue weighted by molar-refractivity contribution is 7.89. The standard InChI is InChI=1S/C29H26ClN3O4S/c30-26-15-17-27(18-16-26)38(35,36)33(20-23-9-3-1-4-10-23)21-29(34)32-31-19-25-13-7-8-14-28(25)37-22-24-11-5-2-6-12-24/h1-19H,20-22H2,(H,32,34)/b31-19-. The quantitative estimate of drug-likeness (QED) is 0.205. The van der Waals surface area contributed by atoms with Crippen molar-refractivity contribution in [1.82, 2.24) is 9.73 Å². The van der Waals surface area contributed by atoms with E-state index >= 15 is 0 Å². The van der Waals surface area contributed by atoms with Crippen LogP contribution in [-0.4, -0.2) is 31.4 Å². The van der Waals surface area contributed by atoms with E-state index in [9.17, 15) is 13.2 Å². The van der Waals surface area contributed by atoms with Gasteiger partial charge in [0.1, 0.15) is 12.4 Å². The largest absolute Gasteiger partial charge is 0.488 e. The Balaban J connectivity index is 1.45. The number of benzene rings is 4. The second kappa shape index (κ2) is 13.0. The van der Waals surface area contributed by atoms with Crippen LogP contribution in [0.2, 0.25) is 5.02 Å². The van der Waals surface area contributed by atoms with Crippen molar-refractivity contribution < 1.29 is 17.9 Å². The summed E-state index contributed by atoms with van der Waals surface area (Å²) in [6, 6.07) is 31.9. The van der Waals surface area contributed by atoms with Crippen LogP contribution in [0.15, 0.2) is 119 Å². The minimum atomic E-state index is -3.99. The monoisotopic (exact) mass is 547 g/mol.